The minimum Gasteiger partial charge on any atom is -0.493 e. The van der Waals surface area contributed by atoms with Crippen LogP contribution in [0.3, 0.4) is 0 Å². The summed E-state index contributed by atoms with van der Waals surface area (Å²) in [6, 6.07) is 18.1. The molecule has 0 fully saturated rings. The molecule has 1 aliphatic heterocycles. The maximum atomic E-state index is 11.9. The topological polar surface area (TPSA) is 25.3 Å². The molecule has 0 unspecified atom stereocenters. The smallest absolute Gasteiger partial charge is 0.493 e. The number of unbranched alkanes of at least 4 members (excludes halogenated alkanes) is 10. The van der Waals surface area contributed by atoms with Crippen molar-refractivity contribution >= 4 is 11.4 Å². The Kier molecular flexibility index (Phi) is 22.3. The van der Waals surface area contributed by atoms with E-state index in [9.17, 15) is 5.53 Å². The molecule has 43 heavy (non-hydrogen) atoms. The number of allylic oxidation sites excluding steroid dienone is 2. The van der Waals surface area contributed by atoms with Gasteiger partial charge in [0, 0.05) is 22.3 Å². The first kappa shape index (κ1) is 41.0. The van der Waals surface area contributed by atoms with Crippen molar-refractivity contribution in [3.63, 3.8) is 0 Å². The van der Waals surface area contributed by atoms with Crippen LogP contribution in [0.1, 0.15) is 153 Å². The fraction of sp³-hybridized carbons (Fsp3) is 0.550. The third kappa shape index (κ3) is 12.5. The van der Waals surface area contributed by atoms with Gasteiger partial charge >= 0.3 is 16.5 Å². The van der Waals surface area contributed by atoms with Gasteiger partial charge in [0.2, 0.25) is 11.4 Å². The van der Waals surface area contributed by atoms with Crippen molar-refractivity contribution in [2.75, 3.05) is 0 Å². The van der Waals surface area contributed by atoms with E-state index in [4.69, 9.17) is 0 Å². The Hall–Kier alpha value is -1.99. The van der Waals surface area contributed by atoms with E-state index in [1.807, 2.05) is 0 Å². The molecule has 1 heterocycles. The zero-order valence-corrected chi connectivity index (χ0v) is 29.5. The molecule has 0 saturated heterocycles. The number of rotatable bonds is 20. The standard InChI is InChI=1S/C38H56N2.2CH3.Ni/c1-5-9-13-15-16-18-22-36-35(21-17-14-10-6-2)37(33-27-23-31(24-28-33)19-11-7-3)40(39)38(36)34-29-25-32(26-30-34)20-12-8-4;;;/h23-30H,5-22H2,1-4H3;2*1H3;/q;2*-1;+2. The maximum absolute atomic E-state index is 11.9. The van der Waals surface area contributed by atoms with Crippen LogP contribution in [0.15, 0.2) is 59.7 Å². The van der Waals surface area contributed by atoms with Crippen molar-refractivity contribution in [2.45, 2.75) is 143 Å². The molecule has 0 amide bonds. The van der Waals surface area contributed by atoms with Gasteiger partial charge in [0.25, 0.3) is 0 Å². The molecule has 0 bridgehead atoms. The number of nitrogens with zero attached hydrogens (tertiary/aromatic N) is 2. The van der Waals surface area contributed by atoms with Crippen molar-refractivity contribution in [3.8, 4) is 0 Å². The van der Waals surface area contributed by atoms with E-state index in [1.165, 1.54) is 112 Å². The molecule has 2 nitrogen and oxygen atoms in total. The first-order chi connectivity index (χ1) is 19.6. The molecule has 3 heteroatoms. The molecule has 2 aromatic carbocycles. The number of aryl methyl sites for hydroxylation is 2. The second-order valence-corrected chi connectivity index (χ2v) is 11.9. The summed E-state index contributed by atoms with van der Waals surface area (Å²) in [6.45, 7) is 9.07. The Morgan fingerprint density at radius 1 is 0.442 bits per heavy atom. The largest absolute Gasteiger partial charge is 2.00 e. The molecule has 2 aromatic rings. The fourth-order valence-electron chi connectivity index (χ4n) is 6.02. The van der Waals surface area contributed by atoms with E-state index in [0.717, 1.165) is 48.2 Å². The van der Waals surface area contributed by atoms with Crippen LogP contribution in [0.4, 0.5) is 0 Å². The summed E-state index contributed by atoms with van der Waals surface area (Å²) in [5.74, 6) is 0. The first-order valence-corrected chi connectivity index (χ1v) is 16.8. The third-order valence-corrected chi connectivity index (χ3v) is 8.51. The van der Waals surface area contributed by atoms with Crippen molar-refractivity contribution in [1.82, 2.24) is 0 Å². The van der Waals surface area contributed by atoms with Crippen LogP contribution in [0, 0.1) is 14.9 Å². The van der Waals surface area contributed by atoms with Crippen LogP contribution in [0.2, 0.25) is 0 Å². The van der Waals surface area contributed by atoms with E-state index < -0.39 is 0 Å². The summed E-state index contributed by atoms with van der Waals surface area (Å²) >= 11 is 0. The normalized spacial score (nSPS) is 12.7. The van der Waals surface area contributed by atoms with E-state index in [1.54, 1.807) is 4.70 Å². The molecular weight excluding hydrogens is 567 g/mol. The van der Waals surface area contributed by atoms with Crippen LogP contribution in [-0.4, -0.2) is 4.70 Å². The number of benzene rings is 2. The zero-order valence-electron chi connectivity index (χ0n) is 28.6. The van der Waals surface area contributed by atoms with Crippen LogP contribution < -0.4 is 0 Å². The van der Waals surface area contributed by atoms with Gasteiger partial charge in [-0.3, -0.25) is 0 Å². The summed E-state index contributed by atoms with van der Waals surface area (Å²) in [7, 11) is 0. The first-order valence-electron chi connectivity index (χ1n) is 16.8. The molecular formula is C40H62N2Ni. The molecule has 0 N–H and O–H groups in total. The SMILES string of the molecule is CCCCCCCCC1=C(c2ccc(CCCC)cc2)[N+](=[N-])C(c2ccc(CCCC)cc2)=C1CCCCCC.[CH3-].[CH3-].[Ni+2]. The van der Waals surface area contributed by atoms with Gasteiger partial charge in [-0.1, -0.05) is 116 Å². The Morgan fingerprint density at radius 2 is 0.767 bits per heavy atom. The van der Waals surface area contributed by atoms with Crippen LogP contribution in [0.25, 0.3) is 16.9 Å². The van der Waals surface area contributed by atoms with Crippen molar-refractivity contribution in [3.05, 3.63) is 102 Å². The molecule has 0 atom stereocenters. The van der Waals surface area contributed by atoms with Gasteiger partial charge in [-0.2, -0.15) is 0 Å². The second-order valence-electron chi connectivity index (χ2n) is 11.9. The van der Waals surface area contributed by atoms with Gasteiger partial charge in [0.1, 0.15) is 0 Å². The molecule has 0 radical (unpaired) electrons. The van der Waals surface area contributed by atoms with Gasteiger partial charge in [0.15, 0.2) is 0 Å². The van der Waals surface area contributed by atoms with Gasteiger partial charge in [-0.15, -0.1) is 0 Å². The molecule has 0 aromatic heterocycles. The minimum absolute atomic E-state index is 0. The van der Waals surface area contributed by atoms with Gasteiger partial charge in [-0.05, 0) is 86.8 Å². The van der Waals surface area contributed by atoms with E-state index >= 15 is 0 Å². The van der Waals surface area contributed by atoms with Crippen molar-refractivity contribution in [2.24, 2.45) is 0 Å². The van der Waals surface area contributed by atoms with Gasteiger partial charge in [-0.25, -0.2) is 4.70 Å². The Morgan fingerprint density at radius 3 is 1.14 bits per heavy atom. The predicted molar refractivity (Wildman–Crippen MR) is 187 cm³/mol. The molecule has 0 spiro atoms. The molecule has 3 rings (SSSR count). The quantitative estimate of drug-likeness (QED) is 0.0603. The van der Waals surface area contributed by atoms with Crippen molar-refractivity contribution < 1.29 is 21.2 Å². The van der Waals surface area contributed by atoms with Gasteiger partial charge < -0.3 is 20.4 Å². The minimum atomic E-state index is 0. The summed E-state index contributed by atoms with van der Waals surface area (Å²) in [5.41, 5.74) is 21.8. The molecule has 0 saturated carbocycles. The van der Waals surface area contributed by atoms with E-state index in [0.29, 0.717) is 0 Å². The Labute approximate surface area is 277 Å². The number of hydrogen-bond acceptors (Lipinski definition) is 0. The van der Waals surface area contributed by atoms with E-state index in [-0.39, 0.29) is 31.3 Å². The summed E-state index contributed by atoms with van der Waals surface area (Å²) in [4.78, 5) is 0. The maximum Gasteiger partial charge on any atom is 2.00 e. The van der Waals surface area contributed by atoms with Crippen LogP contribution >= 0.6 is 0 Å². The average molecular weight is 630 g/mol. The summed E-state index contributed by atoms with van der Waals surface area (Å²) in [5, 5.41) is 0. The average Bonchev–Trinajstić information content (AvgIpc) is 3.26. The third-order valence-electron chi connectivity index (χ3n) is 8.51. The predicted octanol–water partition coefficient (Wildman–Crippen LogP) is 13.2. The molecule has 0 aliphatic carbocycles. The Bertz CT molecular complexity index is 1090. The fourth-order valence-corrected chi connectivity index (χ4v) is 6.02. The van der Waals surface area contributed by atoms with Crippen LogP contribution in [-0.2, 0) is 29.3 Å². The summed E-state index contributed by atoms with van der Waals surface area (Å²) < 4.78 is 1.56. The molecule has 242 valence electrons. The van der Waals surface area contributed by atoms with E-state index in [2.05, 4.69) is 76.2 Å². The monoisotopic (exact) mass is 628 g/mol. The Balaban J connectivity index is 0.00000588. The second kappa shape index (κ2) is 23.4. The summed E-state index contributed by atoms with van der Waals surface area (Å²) in [6.07, 6.45) is 21.9. The van der Waals surface area contributed by atoms with Crippen molar-refractivity contribution in [1.29, 1.82) is 0 Å². The zero-order chi connectivity index (χ0) is 28.6. The molecule has 1 aliphatic rings. The number of hydrogen-bond donors (Lipinski definition) is 0. The van der Waals surface area contributed by atoms with Crippen LogP contribution in [0.5, 0.6) is 0 Å². The van der Waals surface area contributed by atoms with Gasteiger partial charge in [0.05, 0.1) is 0 Å².